The van der Waals surface area contributed by atoms with Crippen LogP contribution in [0.3, 0.4) is 0 Å². The van der Waals surface area contributed by atoms with Crippen molar-refractivity contribution < 1.29 is 18.8 Å². The maximum absolute atomic E-state index is 12.0. The normalized spacial score (nSPS) is 10.6. The monoisotopic (exact) mass is 384 g/mol. The minimum absolute atomic E-state index is 0.0462. The van der Waals surface area contributed by atoms with Gasteiger partial charge in [-0.2, -0.15) is 4.98 Å². The molecule has 6 nitrogen and oxygen atoms in total. The Hall–Kier alpha value is -2.80. The van der Waals surface area contributed by atoms with E-state index >= 15 is 0 Å². The molecule has 0 aliphatic carbocycles. The third kappa shape index (κ3) is 5.10. The molecule has 0 aliphatic heterocycles. The van der Waals surface area contributed by atoms with E-state index in [-0.39, 0.29) is 24.2 Å². The Bertz CT molecular complexity index is 922. The third-order valence-corrected chi connectivity index (χ3v) is 5.00. The van der Waals surface area contributed by atoms with E-state index in [2.05, 4.69) is 16.2 Å². The van der Waals surface area contributed by atoms with Crippen LogP contribution in [0.15, 0.2) is 51.9 Å². The average molecular weight is 384 g/mol. The van der Waals surface area contributed by atoms with Crippen molar-refractivity contribution in [2.45, 2.75) is 25.3 Å². The van der Waals surface area contributed by atoms with E-state index in [1.807, 2.05) is 50.2 Å². The molecule has 3 aromatic rings. The van der Waals surface area contributed by atoms with E-state index in [1.165, 1.54) is 17.3 Å². The zero-order valence-corrected chi connectivity index (χ0v) is 16.2. The number of nitrogens with zero attached hydrogens (tertiary/aromatic N) is 2. The Balaban J connectivity index is 1.51. The van der Waals surface area contributed by atoms with Crippen LogP contribution in [-0.2, 0) is 16.1 Å². The number of hydrogen-bond acceptors (Lipinski definition) is 7. The molecular formula is C20H20N2O4S. The lowest BCUT2D eigenvalue weighted by Crippen LogP contribution is -2.07. The highest BCUT2D eigenvalue weighted by molar-refractivity contribution is 8.00. The molecule has 0 radical (unpaired) electrons. The Morgan fingerprint density at radius 2 is 1.93 bits per heavy atom. The molecule has 0 bridgehead atoms. The van der Waals surface area contributed by atoms with E-state index in [0.717, 1.165) is 21.8 Å². The SMILES string of the molecule is COc1ccc(-c2noc(COC(=O)CSc3ccc(C)cc3C)n2)cc1. The summed E-state index contributed by atoms with van der Waals surface area (Å²) in [4.78, 5) is 17.3. The van der Waals surface area contributed by atoms with Gasteiger partial charge in [-0.05, 0) is 49.7 Å². The lowest BCUT2D eigenvalue weighted by molar-refractivity contribution is -0.142. The van der Waals surface area contributed by atoms with Gasteiger partial charge in [0.2, 0.25) is 5.82 Å². The number of hydrogen-bond donors (Lipinski definition) is 0. The third-order valence-electron chi connectivity index (χ3n) is 3.85. The second-order valence-electron chi connectivity index (χ2n) is 5.96. The molecule has 0 fully saturated rings. The summed E-state index contributed by atoms with van der Waals surface area (Å²) in [5.41, 5.74) is 3.14. The second-order valence-corrected chi connectivity index (χ2v) is 6.98. The fourth-order valence-electron chi connectivity index (χ4n) is 2.45. The fraction of sp³-hybridized carbons (Fsp3) is 0.250. The van der Waals surface area contributed by atoms with Crippen molar-refractivity contribution >= 4 is 17.7 Å². The number of methoxy groups -OCH3 is 1. The summed E-state index contributed by atoms with van der Waals surface area (Å²) in [6, 6.07) is 13.4. The molecule has 2 aromatic carbocycles. The topological polar surface area (TPSA) is 74.5 Å². The maximum atomic E-state index is 12.0. The highest BCUT2D eigenvalue weighted by Gasteiger charge is 2.12. The molecule has 1 heterocycles. The molecule has 0 amide bonds. The first-order chi connectivity index (χ1) is 13.0. The van der Waals surface area contributed by atoms with E-state index in [9.17, 15) is 4.79 Å². The van der Waals surface area contributed by atoms with E-state index in [4.69, 9.17) is 14.0 Å². The van der Waals surface area contributed by atoms with Gasteiger partial charge in [0.25, 0.3) is 5.89 Å². The number of esters is 1. The van der Waals surface area contributed by atoms with Gasteiger partial charge >= 0.3 is 5.97 Å². The van der Waals surface area contributed by atoms with Gasteiger partial charge in [-0.1, -0.05) is 22.9 Å². The van der Waals surface area contributed by atoms with Crippen LogP contribution in [0.5, 0.6) is 5.75 Å². The van der Waals surface area contributed by atoms with Crippen LogP contribution in [0.4, 0.5) is 0 Å². The number of rotatable bonds is 7. The van der Waals surface area contributed by atoms with Gasteiger partial charge < -0.3 is 14.0 Å². The van der Waals surface area contributed by atoms with Crippen LogP contribution in [-0.4, -0.2) is 29.0 Å². The number of carbonyl (C=O) groups excluding carboxylic acids is 1. The molecule has 0 atom stereocenters. The summed E-state index contributed by atoms with van der Waals surface area (Å²) in [6.45, 7) is 4.02. The zero-order chi connectivity index (χ0) is 19.2. The van der Waals surface area contributed by atoms with Crippen molar-refractivity contribution in [2.24, 2.45) is 0 Å². The smallest absolute Gasteiger partial charge is 0.316 e. The predicted octanol–water partition coefficient (Wildman–Crippen LogP) is 4.20. The van der Waals surface area contributed by atoms with Crippen LogP contribution in [0.1, 0.15) is 17.0 Å². The summed E-state index contributed by atoms with van der Waals surface area (Å²) < 4.78 is 15.5. The Morgan fingerprint density at radius 1 is 1.15 bits per heavy atom. The highest BCUT2D eigenvalue weighted by atomic mass is 32.2. The quantitative estimate of drug-likeness (QED) is 0.446. The second kappa shape index (κ2) is 8.73. The van der Waals surface area contributed by atoms with Crippen molar-refractivity contribution in [1.82, 2.24) is 10.1 Å². The summed E-state index contributed by atoms with van der Waals surface area (Å²) in [5.74, 6) is 1.34. The predicted molar refractivity (Wildman–Crippen MR) is 103 cm³/mol. The van der Waals surface area contributed by atoms with Crippen molar-refractivity contribution in [2.75, 3.05) is 12.9 Å². The Labute approximate surface area is 161 Å². The van der Waals surface area contributed by atoms with Crippen LogP contribution in [0.25, 0.3) is 11.4 Å². The minimum Gasteiger partial charge on any atom is -0.497 e. The summed E-state index contributed by atoms with van der Waals surface area (Å²) in [5, 5.41) is 3.91. The van der Waals surface area contributed by atoms with Gasteiger partial charge in [-0.15, -0.1) is 11.8 Å². The molecule has 27 heavy (non-hydrogen) atoms. The van der Waals surface area contributed by atoms with E-state index in [0.29, 0.717) is 5.82 Å². The number of thioether (sulfide) groups is 1. The maximum Gasteiger partial charge on any atom is 0.316 e. The van der Waals surface area contributed by atoms with Crippen molar-refractivity contribution in [3.63, 3.8) is 0 Å². The average Bonchev–Trinajstić information content (AvgIpc) is 3.15. The standard InChI is InChI=1S/C20H20N2O4S/c1-13-4-9-17(14(2)10-13)27-12-19(23)25-11-18-21-20(22-26-18)15-5-7-16(24-3)8-6-15/h4-10H,11-12H2,1-3H3. The first-order valence-electron chi connectivity index (χ1n) is 8.38. The van der Waals surface area contributed by atoms with Gasteiger partial charge in [0.15, 0.2) is 6.61 Å². The number of carbonyl (C=O) groups is 1. The van der Waals surface area contributed by atoms with Gasteiger partial charge in [0.1, 0.15) is 5.75 Å². The molecule has 3 rings (SSSR count). The minimum atomic E-state index is -0.329. The number of ether oxygens (including phenoxy) is 2. The summed E-state index contributed by atoms with van der Waals surface area (Å²) in [7, 11) is 1.61. The van der Waals surface area contributed by atoms with Crippen LogP contribution in [0, 0.1) is 13.8 Å². The van der Waals surface area contributed by atoms with E-state index in [1.54, 1.807) is 7.11 Å². The molecule has 0 saturated carbocycles. The van der Waals surface area contributed by atoms with Gasteiger partial charge in [0.05, 0.1) is 12.9 Å². The molecule has 0 N–H and O–H groups in total. The molecule has 140 valence electrons. The van der Waals surface area contributed by atoms with Gasteiger partial charge in [-0.25, -0.2) is 0 Å². The summed E-state index contributed by atoms with van der Waals surface area (Å²) in [6.07, 6.45) is 0. The van der Waals surface area contributed by atoms with Gasteiger partial charge in [0, 0.05) is 10.5 Å². The number of aromatic nitrogens is 2. The lowest BCUT2D eigenvalue weighted by atomic mass is 10.2. The first-order valence-corrected chi connectivity index (χ1v) is 9.36. The number of benzene rings is 2. The first kappa shape index (κ1) is 19.0. The molecule has 0 unspecified atom stereocenters. The Morgan fingerprint density at radius 3 is 2.63 bits per heavy atom. The molecule has 0 aliphatic rings. The highest BCUT2D eigenvalue weighted by Crippen LogP contribution is 2.23. The van der Waals surface area contributed by atoms with Crippen LogP contribution in [0.2, 0.25) is 0 Å². The largest absolute Gasteiger partial charge is 0.497 e. The van der Waals surface area contributed by atoms with Gasteiger partial charge in [-0.3, -0.25) is 4.79 Å². The van der Waals surface area contributed by atoms with Crippen LogP contribution < -0.4 is 4.74 Å². The summed E-state index contributed by atoms with van der Waals surface area (Å²) >= 11 is 1.45. The Kier molecular flexibility index (Phi) is 6.13. The van der Waals surface area contributed by atoms with Crippen molar-refractivity contribution in [1.29, 1.82) is 0 Å². The molecule has 0 spiro atoms. The van der Waals surface area contributed by atoms with Crippen LogP contribution >= 0.6 is 11.8 Å². The molecule has 0 saturated heterocycles. The molecular weight excluding hydrogens is 364 g/mol. The number of aryl methyl sites for hydroxylation is 2. The molecule has 1 aromatic heterocycles. The zero-order valence-electron chi connectivity index (χ0n) is 15.4. The van der Waals surface area contributed by atoms with Crippen molar-refractivity contribution in [3.05, 3.63) is 59.5 Å². The van der Waals surface area contributed by atoms with E-state index < -0.39 is 0 Å². The fourth-order valence-corrected chi connectivity index (χ4v) is 3.26. The van der Waals surface area contributed by atoms with Crippen molar-refractivity contribution in [3.8, 4) is 17.1 Å². The lowest BCUT2D eigenvalue weighted by Gasteiger charge is -2.06. The molecule has 7 heteroatoms.